The van der Waals surface area contributed by atoms with E-state index >= 15 is 0 Å². The summed E-state index contributed by atoms with van der Waals surface area (Å²) in [5, 5.41) is 1.37. The zero-order chi connectivity index (χ0) is 11.4. The maximum atomic E-state index is 12.0. The van der Waals surface area contributed by atoms with E-state index in [1.165, 1.54) is 5.01 Å². The van der Waals surface area contributed by atoms with Crippen molar-refractivity contribution in [2.75, 3.05) is 39.5 Å². The highest BCUT2D eigenvalue weighted by Gasteiger charge is 2.27. The first kappa shape index (κ1) is 11.6. The molecule has 0 aromatic rings. The van der Waals surface area contributed by atoms with Gasteiger partial charge in [-0.2, -0.15) is 0 Å². The number of hydrogen-bond acceptors (Lipinski definition) is 4. The van der Waals surface area contributed by atoms with Gasteiger partial charge in [0.15, 0.2) is 0 Å². The van der Waals surface area contributed by atoms with Gasteiger partial charge in [-0.3, -0.25) is 5.01 Å². The predicted octanol–water partition coefficient (Wildman–Crippen LogP) is -0.207. The van der Waals surface area contributed by atoms with Crippen LogP contribution < -0.4 is 5.84 Å². The Morgan fingerprint density at radius 2 is 1.69 bits per heavy atom. The Morgan fingerprint density at radius 3 is 2.31 bits per heavy atom. The second-order valence-electron chi connectivity index (χ2n) is 4.13. The molecule has 92 valence electrons. The Bertz CT molecular complexity index is 237. The number of amides is 2. The Morgan fingerprint density at radius 1 is 1.12 bits per heavy atom. The lowest BCUT2D eigenvalue weighted by Crippen LogP contribution is -2.55. The van der Waals surface area contributed by atoms with Crippen molar-refractivity contribution in [1.29, 1.82) is 0 Å². The molecule has 16 heavy (non-hydrogen) atoms. The van der Waals surface area contributed by atoms with Gasteiger partial charge in [-0.05, 0) is 12.8 Å². The summed E-state index contributed by atoms with van der Waals surface area (Å²) in [5.41, 5.74) is 0. The van der Waals surface area contributed by atoms with E-state index < -0.39 is 0 Å². The third-order valence-electron chi connectivity index (χ3n) is 3.09. The molecule has 2 heterocycles. The average Bonchev–Trinajstić information content (AvgIpc) is 2.39. The van der Waals surface area contributed by atoms with E-state index in [-0.39, 0.29) is 12.1 Å². The number of urea groups is 1. The van der Waals surface area contributed by atoms with Crippen LogP contribution in [-0.4, -0.2) is 61.5 Å². The number of hydrazine groups is 1. The molecule has 2 aliphatic heterocycles. The van der Waals surface area contributed by atoms with Gasteiger partial charge in [-0.1, -0.05) is 0 Å². The maximum Gasteiger partial charge on any atom is 0.334 e. The van der Waals surface area contributed by atoms with Crippen LogP contribution in [0.5, 0.6) is 0 Å². The van der Waals surface area contributed by atoms with Crippen molar-refractivity contribution in [3.63, 3.8) is 0 Å². The normalized spacial score (nSPS) is 23.2. The van der Waals surface area contributed by atoms with Crippen LogP contribution in [0, 0.1) is 0 Å². The first-order valence-corrected chi connectivity index (χ1v) is 5.77. The van der Waals surface area contributed by atoms with Gasteiger partial charge in [-0.15, -0.1) is 0 Å². The summed E-state index contributed by atoms with van der Waals surface area (Å²) in [6, 6.07) is 0.0271. The molecule has 0 aliphatic carbocycles. The molecule has 2 amide bonds. The monoisotopic (exact) mass is 229 g/mol. The van der Waals surface area contributed by atoms with Gasteiger partial charge in [-0.25, -0.2) is 10.6 Å². The summed E-state index contributed by atoms with van der Waals surface area (Å²) < 4.78 is 10.4. The van der Waals surface area contributed by atoms with Gasteiger partial charge in [0.2, 0.25) is 0 Å². The second-order valence-corrected chi connectivity index (χ2v) is 4.13. The van der Waals surface area contributed by atoms with Crippen molar-refractivity contribution >= 4 is 6.03 Å². The maximum absolute atomic E-state index is 12.0. The fraction of sp³-hybridized carbons (Fsp3) is 0.900. The number of hydrogen-bond donors (Lipinski definition) is 1. The smallest absolute Gasteiger partial charge is 0.334 e. The molecule has 0 spiro atoms. The highest BCUT2D eigenvalue weighted by atomic mass is 16.5. The van der Waals surface area contributed by atoms with Gasteiger partial charge < -0.3 is 14.4 Å². The van der Waals surface area contributed by atoms with Crippen LogP contribution in [0.4, 0.5) is 4.79 Å². The van der Waals surface area contributed by atoms with E-state index in [0.29, 0.717) is 39.5 Å². The second kappa shape index (κ2) is 5.47. The lowest BCUT2D eigenvalue weighted by Gasteiger charge is -2.35. The molecule has 2 rings (SSSR count). The number of nitrogens with zero attached hydrogens (tertiary/aromatic N) is 2. The number of morpholine rings is 1. The molecule has 2 aliphatic rings. The SMILES string of the molecule is NN(C(=O)N1CCOCC1)C1CCOCC1. The molecule has 6 nitrogen and oxygen atoms in total. The summed E-state index contributed by atoms with van der Waals surface area (Å²) in [5.74, 6) is 5.87. The van der Waals surface area contributed by atoms with E-state index in [4.69, 9.17) is 15.3 Å². The fourth-order valence-corrected chi connectivity index (χ4v) is 2.04. The topological polar surface area (TPSA) is 68.0 Å². The molecule has 6 heteroatoms. The highest BCUT2D eigenvalue weighted by molar-refractivity contribution is 5.74. The van der Waals surface area contributed by atoms with Crippen LogP contribution in [0.3, 0.4) is 0 Å². The van der Waals surface area contributed by atoms with Crippen LogP contribution >= 0.6 is 0 Å². The molecule has 0 unspecified atom stereocenters. The predicted molar refractivity (Wildman–Crippen MR) is 57.7 cm³/mol. The van der Waals surface area contributed by atoms with Crippen LogP contribution in [0.1, 0.15) is 12.8 Å². The van der Waals surface area contributed by atoms with Crippen molar-refractivity contribution in [2.45, 2.75) is 18.9 Å². The van der Waals surface area contributed by atoms with Crippen molar-refractivity contribution in [3.05, 3.63) is 0 Å². The minimum atomic E-state index is -0.0878. The van der Waals surface area contributed by atoms with Gasteiger partial charge in [0.1, 0.15) is 0 Å². The Balaban J connectivity index is 1.86. The lowest BCUT2D eigenvalue weighted by molar-refractivity contribution is 0.0185. The molecule has 0 aromatic carbocycles. The van der Waals surface area contributed by atoms with E-state index in [1.807, 2.05) is 0 Å². The van der Waals surface area contributed by atoms with E-state index in [9.17, 15) is 4.79 Å². The quantitative estimate of drug-likeness (QED) is 0.384. The van der Waals surface area contributed by atoms with Crippen LogP contribution in [0.2, 0.25) is 0 Å². The Kier molecular flexibility index (Phi) is 3.98. The first-order chi connectivity index (χ1) is 7.79. The molecule has 2 fully saturated rings. The van der Waals surface area contributed by atoms with Crippen molar-refractivity contribution in [3.8, 4) is 0 Å². The van der Waals surface area contributed by atoms with Gasteiger partial charge in [0, 0.05) is 26.3 Å². The number of carbonyl (C=O) groups is 1. The number of ether oxygens (including phenoxy) is 2. The highest BCUT2D eigenvalue weighted by Crippen LogP contribution is 2.13. The van der Waals surface area contributed by atoms with E-state index in [1.54, 1.807) is 4.90 Å². The Labute approximate surface area is 95.2 Å². The third-order valence-corrected chi connectivity index (χ3v) is 3.09. The fourth-order valence-electron chi connectivity index (χ4n) is 2.04. The van der Waals surface area contributed by atoms with Crippen LogP contribution in [0.15, 0.2) is 0 Å². The third kappa shape index (κ3) is 2.63. The van der Waals surface area contributed by atoms with Crippen LogP contribution in [0.25, 0.3) is 0 Å². The van der Waals surface area contributed by atoms with Crippen molar-refractivity contribution in [1.82, 2.24) is 9.91 Å². The van der Waals surface area contributed by atoms with Crippen molar-refractivity contribution < 1.29 is 14.3 Å². The molecular weight excluding hydrogens is 210 g/mol. The molecule has 2 saturated heterocycles. The molecular formula is C10H19N3O3. The summed E-state index contributed by atoms with van der Waals surface area (Å²) in [6.45, 7) is 3.86. The molecule has 0 aromatic heterocycles. The number of nitrogens with two attached hydrogens (primary N) is 1. The summed E-state index contributed by atoms with van der Waals surface area (Å²) in [4.78, 5) is 13.8. The zero-order valence-corrected chi connectivity index (χ0v) is 9.43. The van der Waals surface area contributed by atoms with Gasteiger partial charge in [0.05, 0.1) is 19.3 Å². The Hall–Kier alpha value is -0.850. The standard InChI is InChI=1S/C10H19N3O3/c11-13(9-1-5-15-6-2-9)10(14)12-3-7-16-8-4-12/h9H,1-8,11H2. The minimum Gasteiger partial charge on any atom is -0.381 e. The average molecular weight is 229 g/mol. The van der Waals surface area contributed by atoms with E-state index in [0.717, 1.165) is 12.8 Å². The van der Waals surface area contributed by atoms with Gasteiger partial charge in [0.25, 0.3) is 0 Å². The summed E-state index contributed by atoms with van der Waals surface area (Å²) in [7, 11) is 0. The van der Waals surface area contributed by atoms with E-state index in [2.05, 4.69) is 0 Å². The summed E-state index contributed by atoms with van der Waals surface area (Å²) >= 11 is 0. The molecule has 0 bridgehead atoms. The lowest BCUT2D eigenvalue weighted by atomic mass is 10.1. The van der Waals surface area contributed by atoms with Gasteiger partial charge >= 0.3 is 6.03 Å². The van der Waals surface area contributed by atoms with Crippen molar-refractivity contribution in [2.24, 2.45) is 5.84 Å². The largest absolute Gasteiger partial charge is 0.381 e. The molecule has 0 atom stereocenters. The molecule has 0 saturated carbocycles. The van der Waals surface area contributed by atoms with Crippen LogP contribution in [-0.2, 0) is 9.47 Å². The summed E-state index contributed by atoms with van der Waals surface area (Å²) in [6.07, 6.45) is 1.65. The first-order valence-electron chi connectivity index (χ1n) is 5.77. The number of carbonyl (C=O) groups excluding carboxylic acids is 1. The molecule has 0 radical (unpaired) electrons. The number of rotatable bonds is 1. The zero-order valence-electron chi connectivity index (χ0n) is 9.43. The molecule has 2 N–H and O–H groups in total. The minimum absolute atomic E-state index is 0.0878.